The van der Waals surface area contributed by atoms with Crippen molar-refractivity contribution in [2.45, 2.75) is 32.5 Å². The Labute approximate surface area is 122 Å². The Morgan fingerprint density at radius 2 is 1.76 bits per heavy atom. The molecule has 0 saturated carbocycles. The van der Waals surface area contributed by atoms with Crippen molar-refractivity contribution in [2.75, 3.05) is 5.32 Å². The number of rotatable bonds is 7. The molecule has 4 N–H and O–H groups in total. The Morgan fingerprint density at radius 1 is 1.14 bits per heavy atom. The van der Waals surface area contributed by atoms with Crippen LogP contribution < -0.4 is 16.0 Å². The molecular formula is C14H19N3O4. The normalized spacial score (nSPS) is 12.9. The fraction of sp³-hybridized carbons (Fsp3) is 0.357. The molecule has 0 aliphatic carbocycles. The molecule has 2 atom stereocenters. The fourth-order valence-electron chi connectivity index (χ4n) is 1.53. The summed E-state index contributed by atoms with van der Waals surface area (Å²) in [4.78, 5) is 33.8. The molecule has 0 fully saturated rings. The molecule has 21 heavy (non-hydrogen) atoms. The number of amides is 3. The van der Waals surface area contributed by atoms with E-state index in [1.54, 1.807) is 31.2 Å². The predicted octanol–water partition coefficient (Wildman–Crippen LogP) is -0.243. The third kappa shape index (κ3) is 5.23. The first-order valence-corrected chi connectivity index (χ1v) is 6.48. The van der Waals surface area contributed by atoms with Gasteiger partial charge in [0.25, 0.3) is 0 Å². The van der Waals surface area contributed by atoms with E-state index in [1.807, 2.05) is 0 Å². The molecule has 1 aromatic carbocycles. The van der Waals surface area contributed by atoms with E-state index >= 15 is 0 Å². The van der Waals surface area contributed by atoms with Crippen LogP contribution in [0, 0.1) is 0 Å². The van der Waals surface area contributed by atoms with Crippen LogP contribution in [0.25, 0.3) is 0 Å². The third-order valence-electron chi connectivity index (χ3n) is 2.87. The summed E-state index contributed by atoms with van der Waals surface area (Å²) in [5.74, 6) is -0.821. The Kier molecular flexibility index (Phi) is 6.35. The molecule has 114 valence electrons. The Balaban J connectivity index is 2.53. The largest absolute Gasteiger partial charge is 0.392 e. The lowest BCUT2D eigenvalue weighted by atomic mass is 10.2. The summed E-state index contributed by atoms with van der Waals surface area (Å²) in [5, 5.41) is 16.4. The molecule has 1 rings (SSSR count). The number of carbonyl (C=O) groups excluding carboxylic acids is 3. The van der Waals surface area contributed by atoms with Gasteiger partial charge < -0.3 is 21.1 Å². The zero-order valence-corrected chi connectivity index (χ0v) is 11.9. The summed E-state index contributed by atoms with van der Waals surface area (Å²) in [6.07, 6.45) is 0.428. The Hall–Kier alpha value is -2.41. The van der Waals surface area contributed by atoms with Gasteiger partial charge >= 0.3 is 0 Å². The minimum absolute atomic E-state index is 0.0672. The molecule has 0 aliphatic heterocycles. The van der Waals surface area contributed by atoms with Gasteiger partial charge in [0.1, 0.15) is 12.1 Å². The smallest absolute Gasteiger partial charge is 0.246 e. The van der Waals surface area contributed by atoms with Gasteiger partial charge in [-0.1, -0.05) is 12.1 Å². The summed E-state index contributed by atoms with van der Waals surface area (Å²) in [7, 11) is 0. The van der Waals surface area contributed by atoms with Gasteiger partial charge in [0.15, 0.2) is 0 Å². The van der Waals surface area contributed by atoms with Gasteiger partial charge in [-0.25, -0.2) is 0 Å². The van der Waals surface area contributed by atoms with Crippen LogP contribution in [0.5, 0.6) is 0 Å². The molecule has 1 unspecified atom stereocenters. The first-order valence-electron chi connectivity index (χ1n) is 6.48. The van der Waals surface area contributed by atoms with Crippen molar-refractivity contribution in [1.82, 2.24) is 10.6 Å². The molecular weight excluding hydrogens is 274 g/mol. The zero-order valence-electron chi connectivity index (χ0n) is 11.9. The number of anilines is 1. The van der Waals surface area contributed by atoms with Gasteiger partial charge in [0.2, 0.25) is 18.2 Å². The number of hydrogen-bond donors (Lipinski definition) is 4. The first-order chi connectivity index (χ1) is 9.97. The lowest BCUT2D eigenvalue weighted by molar-refractivity contribution is -0.128. The van der Waals surface area contributed by atoms with E-state index in [9.17, 15) is 14.4 Å². The van der Waals surface area contributed by atoms with Gasteiger partial charge in [-0.3, -0.25) is 14.4 Å². The number of nitrogens with one attached hydrogen (secondary N) is 3. The fourth-order valence-corrected chi connectivity index (χ4v) is 1.53. The van der Waals surface area contributed by atoms with Gasteiger partial charge in [0.05, 0.1) is 6.61 Å². The summed E-state index contributed by atoms with van der Waals surface area (Å²) in [6.45, 7) is 2.99. The summed E-state index contributed by atoms with van der Waals surface area (Å²) >= 11 is 0. The molecule has 0 radical (unpaired) electrons. The average molecular weight is 293 g/mol. The number of aliphatic hydroxyl groups is 1. The molecule has 0 spiro atoms. The van der Waals surface area contributed by atoms with Crippen molar-refractivity contribution in [3.63, 3.8) is 0 Å². The van der Waals surface area contributed by atoms with Crippen LogP contribution in [-0.4, -0.2) is 35.4 Å². The first kappa shape index (κ1) is 16.6. The Bertz CT molecular complexity index is 501. The monoisotopic (exact) mass is 293 g/mol. The van der Waals surface area contributed by atoms with E-state index in [1.165, 1.54) is 6.92 Å². The van der Waals surface area contributed by atoms with Crippen molar-refractivity contribution in [1.29, 1.82) is 0 Å². The second kappa shape index (κ2) is 8.01. The minimum Gasteiger partial charge on any atom is -0.392 e. The van der Waals surface area contributed by atoms with E-state index in [4.69, 9.17) is 5.11 Å². The summed E-state index contributed by atoms with van der Waals surface area (Å²) < 4.78 is 0. The van der Waals surface area contributed by atoms with Gasteiger partial charge in [0, 0.05) is 5.69 Å². The standard InChI is InChI=1S/C14H19N3O4/c1-9(15-8-19)13(20)16-10(2)14(21)17-12-5-3-11(7-18)4-6-12/h3-6,8-10,18H,7H2,1-2H3,(H,15,19)(H,16,20)(H,17,21)/t9-,10?/m0/s1. The van der Waals surface area contributed by atoms with Crippen LogP contribution in [0.4, 0.5) is 5.69 Å². The van der Waals surface area contributed by atoms with E-state index < -0.39 is 18.0 Å². The topological polar surface area (TPSA) is 108 Å². The lowest BCUT2D eigenvalue weighted by Crippen LogP contribution is -2.48. The van der Waals surface area contributed by atoms with Gasteiger partial charge in [-0.05, 0) is 31.5 Å². The second-order valence-corrected chi connectivity index (χ2v) is 4.58. The van der Waals surface area contributed by atoms with Crippen molar-refractivity contribution in [3.8, 4) is 0 Å². The third-order valence-corrected chi connectivity index (χ3v) is 2.87. The molecule has 0 bridgehead atoms. The van der Waals surface area contributed by atoms with Crippen LogP contribution in [0.15, 0.2) is 24.3 Å². The van der Waals surface area contributed by atoms with Crippen LogP contribution in [0.2, 0.25) is 0 Å². The second-order valence-electron chi connectivity index (χ2n) is 4.58. The number of hydrogen-bond acceptors (Lipinski definition) is 4. The SMILES string of the molecule is CC(NC(=O)[C@H](C)NC=O)C(=O)Nc1ccc(CO)cc1. The molecule has 1 aromatic rings. The quantitative estimate of drug-likeness (QED) is 0.520. The molecule has 0 heterocycles. The number of benzene rings is 1. The molecule has 0 aromatic heterocycles. The van der Waals surface area contributed by atoms with E-state index in [0.29, 0.717) is 12.1 Å². The summed E-state index contributed by atoms with van der Waals surface area (Å²) in [5.41, 5.74) is 1.31. The number of aliphatic hydroxyl groups excluding tert-OH is 1. The van der Waals surface area contributed by atoms with Crippen molar-refractivity contribution in [2.24, 2.45) is 0 Å². The van der Waals surface area contributed by atoms with Gasteiger partial charge in [-0.2, -0.15) is 0 Å². The van der Waals surface area contributed by atoms with E-state index in [2.05, 4.69) is 16.0 Å². The maximum atomic E-state index is 11.9. The highest BCUT2D eigenvalue weighted by molar-refractivity contribution is 5.97. The highest BCUT2D eigenvalue weighted by atomic mass is 16.3. The Morgan fingerprint density at radius 3 is 2.29 bits per heavy atom. The van der Waals surface area contributed by atoms with Crippen LogP contribution in [0.1, 0.15) is 19.4 Å². The predicted molar refractivity (Wildman–Crippen MR) is 77.3 cm³/mol. The number of carbonyl (C=O) groups is 3. The van der Waals surface area contributed by atoms with Crippen molar-refractivity contribution >= 4 is 23.9 Å². The maximum Gasteiger partial charge on any atom is 0.246 e. The van der Waals surface area contributed by atoms with Crippen LogP contribution in [-0.2, 0) is 21.0 Å². The molecule has 7 nitrogen and oxygen atoms in total. The van der Waals surface area contributed by atoms with Crippen molar-refractivity contribution < 1.29 is 19.5 Å². The average Bonchev–Trinajstić information content (AvgIpc) is 2.48. The van der Waals surface area contributed by atoms with E-state index in [-0.39, 0.29) is 12.5 Å². The highest BCUT2D eigenvalue weighted by Gasteiger charge is 2.19. The highest BCUT2D eigenvalue weighted by Crippen LogP contribution is 2.09. The van der Waals surface area contributed by atoms with Gasteiger partial charge in [-0.15, -0.1) is 0 Å². The molecule has 7 heteroatoms. The van der Waals surface area contributed by atoms with Crippen LogP contribution >= 0.6 is 0 Å². The van der Waals surface area contributed by atoms with Crippen LogP contribution in [0.3, 0.4) is 0 Å². The maximum absolute atomic E-state index is 11.9. The summed E-state index contributed by atoms with van der Waals surface area (Å²) in [6, 6.07) is 5.25. The van der Waals surface area contributed by atoms with Crippen molar-refractivity contribution in [3.05, 3.63) is 29.8 Å². The minimum atomic E-state index is -0.745. The zero-order chi connectivity index (χ0) is 15.8. The lowest BCUT2D eigenvalue weighted by Gasteiger charge is -2.17. The molecule has 3 amide bonds. The van der Waals surface area contributed by atoms with E-state index in [0.717, 1.165) is 5.56 Å². The molecule has 0 aliphatic rings. The molecule has 0 saturated heterocycles.